The van der Waals surface area contributed by atoms with E-state index in [1.807, 2.05) is 0 Å². The fraction of sp³-hybridized carbons (Fsp3) is 0.200. The topological polar surface area (TPSA) is 683 Å². The summed E-state index contributed by atoms with van der Waals surface area (Å²) in [4.78, 5) is 0. The van der Waals surface area contributed by atoms with Gasteiger partial charge in [-0.25, -0.2) is 0 Å². The van der Waals surface area contributed by atoms with Crippen molar-refractivity contribution in [3.05, 3.63) is 255 Å². The van der Waals surface area contributed by atoms with Gasteiger partial charge in [0.05, 0.1) is 35.5 Å². The van der Waals surface area contributed by atoms with Crippen LogP contribution in [0.4, 0.5) is 0 Å². The maximum absolute atomic E-state index is 10.2. The van der Waals surface area contributed by atoms with E-state index in [1.165, 1.54) is 121 Å². The normalized spacial score (nSPS) is 21.7. The van der Waals surface area contributed by atoms with Crippen LogP contribution in [0, 0.1) is 0 Å². The minimum atomic E-state index is -1.44. The molecule has 31 N–H and O–H groups in total. The monoisotopic (exact) mass is 1760 g/mol. The third-order valence-electron chi connectivity index (χ3n) is 21.2. The van der Waals surface area contributed by atoms with Gasteiger partial charge in [-0.3, -0.25) is 0 Å². The van der Waals surface area contributed by atoms with Gasteiger partial charge in [0, 0.05) is 109 Å². The predicted molar refractivity (Wildman–Crippen MR) is 437 cm³/mol. The highest BCUT2D eigenvalue weighted by molar-refractivity contribution is 5.60. The average Bonchev–Trinajstić information content (AvgIpc) is 0.810. The Morgan fingerprint density at radius 2 is 0.449 bits per heavy atom. The summed E-state index contributed by atoms with van der Waals surface area (Å²) >= 11 is 0. The van der Waals surface area contributed by atoms with Crippen LogP contribution >= 0.6 is 0 Å². The number of phenols is 23. The molecule has 6 aliphatic rings. The molecule has 0 fully saturated rings. The number of hydrogen-bond donors (Lipinski definition) is 31. The molecule has 0 amide bonds. The smallest absolute Gasteiger partial charge is 0.200 e. The molecule has 0 saturated carbocycles. The lowest BCUT2D eigenvalue weighted by molar-refractivity contribution is -0.0711. The van der Waals surface area contributed by atoms with Crippen molar-refractivity contribution in [1.29, 1.82) is 0 Å². The van der Waals surface area contributed by atoms with Crippen molar-refractivity contribution < 1.29 is 187 Å². The first-order valence-corrected chi connectivity index (χ1v) is 38.3. The SMILES string of the molecule is Oc1cc(O)c2c(c1)OC(c1cc(O)c(O)c(O)c1)C(O)C2.Oc1cc(O)c2c(c1)OC(c1ccc(O)c(O)c1)C(O)C2.Oc1cc(O)c2c(c1)OC(c1ccc(O)c(O)c1)C(O)C2O.Oc1ccc(C2Oc3cc(O)cc(O)c3C(O)C2O)cc1.Oc1ccc2c(c1)OC(c1cc(O)c(O)c(O)c1)C(O)C2.Oc1ccc2c(c1)OC(c1ccc(O)c(O)c1)C(O)C2. The molecule has 0 saturated heterocycles. The molecule has 6 heterocycles. The molecule has 0 bridgehead atoms. The first-order chi connectivity index (χ1) is 60.2. The summed E-state index contributed by atoms with van der Waals surface area (Å²) in [6.45, 7) is 0. The highest BCUT2D eigenvalue weighted by Crippen LogP contribution is 2.53. The molecule has 6 aliphatic heterocycles. The Balaban J connectivity index is 0.000000130. The summed E-state index contributed by atoms with van der Waals surface area (Å²) in [7, 11) is 0. The summed E-state index contributed by atoms with van der Waals surface area (Å²) in [6, 6.07) is 41.9. The Labute approximate surface area is 716 Å². The Morgan fingerprint density at radius 1 is 0.189 bits per heavy atom. The number of ether oxygens (including phenoxy) is 6. The van der Waals surface area contributed by atoms with E-state index in [-0.39, 0.29) is 139 Å². The molecule has 127 heavy (non-hydrogen) atoms. The minimum Gasteiger partial charge on any atom is -0.508 e. The van der Waals surface area contributed by atoms with Gasteiger partial charge in [-0.15, -0.1) is 0 Å². The molecule has 0 aromatic heterocycles. The van der Waals surface area contributed by atoms with Crippen molar-refractivity contribution in [2.45, 2.75) is 111 Å². The van der Waals surface area contributed by atoms with Crippen molar-refractivity contribution in [1.82, 2.24) is 0 Å². The van der Waals surface area contributed by atoms with Crippen molar-refractivity contribution >= 4 is 0 Å². The fourth-order valence-electron chi connectivity index (χ4n) is 14.8. The van der Waals surface area contributed by atoms with Gasteiger partial charge in [-0.05, 0) is 118 Å². The van der Waals surface area contributed by atoms with Gasteiger partial charge in [0.2, 0.25) is 0 Å². The molecule has 12 aromatic carbocycles. The van der Waals surface area contributed by atoms with E-state index < -0.39 is 131 Å². The molecule has 0 aliphatic carbocycles. The zero-order valence-electron chi connectivity index (χ0n) is 65.6. The summed E-state index contributed by atoms with van der Waals surface area (Å²) in [5, 5.41) is 300. The van der Waals surface area contributed by atoms with Crippen LogP contribution in [0.25, 0.3) is 0 Å². The second-order valence-electron chi connectivity index (χ2n) is 30.1. The number of aromatic hydroxyl groups is 23. The van der Waals surface area contributed by atoms with Crippen molar-refractivity contribution in [3.63, 3.8) is 0 Å². The molecule has 14 unspecified atom stereocenters. The molecule has 12 aromatic rings. The highest BCUT2D eigenvalue weighted by atomic mass is 16.5. The lowest BCUT2D eigenvalue weighted by Crippen LogP contribution is -2.34. The second kappa shape index (κ2) is 36.5. The molecule has 14 atom stereocenters. The van der Waals surface area contributed by atoms with Crippen LogP contribution in [0.2, 0.25) is 0 Å². The number of aliphatic hydroxyl groups is 8. The number of benzene rings is 12. The van der Waals surface area contributed by atoms with E-state index in [9.17, 15) is 158 Å². The Morgan fingerprint density at radius 3 is 0.795 bits per heavy atom. The van der Waals surface area contributed by atoms with Crippen molar-refractivity contribution in [2.75, 3.05) is 0 Å². The number of hydrogen-bond acceptors (Lipinski definition) is 37. The number of rotatable bonds is 6. The maximum atomic E-state index is 10.2. The first-order valence-electron chi connectivity index (χ1n) is 38.3. The zero-order chi connectivity index (χ0) is 91.7. The second-order valence-corrected chi connectivity index (χ2v) is 30.1. The van der Waals surface area contributed by atoms with Gasteiger partial charge >= 0.3 is 0 Å². The lowest BCUT2D eigenvalue weighted by atomic mass is 9.91. The predicted octanol–water partition coefficient (Wildman–Crippen LogP) is 8.55. The first kappa shape index (κ1) is 89.3. The van der Waals surface area contributed by atoms with Crippen LogP contribution in [0.5, 0.6) is 167 Å². The van der Waals surface area contributed by atoms with Gasteiger partial charge in [-0.2, -0.15) is 0 Å². The summed E-state index contributed by atoms with van der Waals surface area (Å²) in [5.74, 6) is -5.31. The molecular formula is C90H84O37. The van der Waals surface area contributed by atoms with Gasteiger partial charge < -0.3 is 187 Å². The average molecular weight is 1760 g/mol. The van der Waals surface area contributed by atoms with Crippen LogP contribution in [-0.4, -0.2) is 195 Å². The molecule has 0 radical (unpaired) electrons. The Bertz CT molecular complexity index is 6020. The van der Waals surface area contributed by atoms with E-state index in [1.54, 1.807) is 36.4 Å². The third kappa shape index (κ3) is 19.3. The molecule has 18 rings (SSSR count). The van der Waals surface area contributed by atoms with E-state index in [0.29, 0.717) is 63.3 Å². The van der Waals surface area contributed by atoms with Gasteiger partial charge in [0.1, 0.15) is 134 Å². The van der Waals surface area contributed by atoms with Crippen LogP contribution in [-0.2, 0) is 25.7 Å². The quantitative estimate of drug-likeness (QED) is 0.0693. The highest BCUT2D eigenvalue weighted by Gasteiger charge is 2.43. The van der Waals surface area contributed by atoms with Crippen molar-refractivity contribution in [2.24, 2.45) is 0 Å². The van der Waals surface area contributed by atoms with Crippen LogP contribution < -0.4 is 28.4 Å². The van der Waals surface area contributed by atoms with E-state index in [0.717, 1.165) is 41.5 Å². The number of fused-ring (bicyclic) bond motifs is 6. The maximum Gasteiger partial charge on any atom is 0.200 e. The fourth-order valence-corrected chi connectivity index (χ4v) is 14.8. The summed E-state index contributed by atoms with van der Waals surface area (Å²) in [6.07, 6.45) is -13.3. The molecule has 37 heteroatoms. The minimum absolute atomic E-state index is 0.0212. The molecule has 37 nitrogen and oxygen atoms in total. The molecule has 0 spiro atoms. The number of phenolic OH excluding ortho intramolecular Hbond substituents is 23. The van der Waals surface area contributed by atoms with Gasteiger partial charge in [0.15, 0.2) is 93.4 Å². The van der Waals surface area contributed by atoms with Crippen LogP contribution in [0.1, 0.15) is 116 Å². The number of aliphatic hydroxyl groups excluding tert-OH is 8. The Kier molecular flexibility index (Phi) is 25.7. The third-order valence-corrected chi connectivity index (χ3v) is 21.2. The molecular weight excluding hydrogens is 1670 g/mol. The lowest BCUT2D eigenvalue weighted by Gasteiger charge is -2.34. The largest absolute Gasteiger partial charge is 0.508 e. The van der Waals surface area contributed by atoms with Crippen LogP contribution in [0.15, 0.2) is 188 Å². The van der Waals surface area contributed by atoms with E-state index in [2.05, 4.69) is 0 Å². The van der Waals surface area contributed by atoms with Gasteiger partial charge in [-0.1, -0.05) is 42.5 Å². The molecule has 666 valence electrons. The van der Waals surface area contributed by atoms with E-state index >= 15 is 0 Å². The van der Waals surface area contributed by atoms with Crippen molar-refractivity contribution in [3.8, 4) is 167 Å². The summed E-state index contributed by atoms with van der Waals surface area (Å²) < 4.78 is 33.7. The van der Waals surface area contributed by atoms with E-state index in [4.69, 9.17) is 28.4 Å². The van der Waals surface area contributed by atoms with Gasteiger partial charge in [0.25, 0.3) is 0 Å². The zero-order valence-corrected chi connectivity index (χ0v) is 65.6. The van der Waals surface area contributed by atoms with Crippen LogP contribution in [0.3, 0.4) is 0 Å². The Hall–Kier alpha value is -15.5. The summed E-state index contributed by atoms with van der Waals surface area (Å²) in [5.41, 5.74) is 4.82. The standard InChI is InChI=1S/2C15H14O7.3C15H14O6.C15H14O5/c16-7-3-9(17)8-5-12(20)15(22-13(8)4-7)6-1-10(18)14(21)11(19)2-6;16-7-4-10(19)12-11(5-7)22-15(14(21)13(12)20)6-1-2-8(17)9(18)3-6;16-8-3-1-7(2-4-8)15-14(20)13(19)12-10(18)5-9(17)6-11(12)21-15;16-8-4-11(18)9-6-13(20)15(21-14(9)5-8)7-1-2-10(17)12(19)3-7;16-9-2-1-7-3-12(19)15(21-13(7)6-9)8-4-10(17)14(20)11(18)5-8;16-10-3-1-8-5-13(19)15(20-14(8)7-10)9-2-4-11(17)12(18)6-9/h1-4,12,15-21H,5H2;1-5,13-21H;1-6,13-20H;1-5,13,15-20H,6H2;1-2,4-6,12,15-20H,3H2;1-4,6-7,13,15-19H,5H2.